The molecule has 42 heavy (non-hydrogen) atoms. The second-order valence-electron chi connectivity index (χ2n) is 10.9. The zero-order valence-electron chi connectivity index (χ0n) is 24.4. The number of aryl methyl sites for hydroxylation is 1. The normalized spacial score (nSPS) is 13.2. The van der Waals surface area contributed by atoms with Crippen LogP contribution in [0.4, 0.5) is 8.78 Å². The number of hydrogen-bond acceptors (Lipinski definition) is 5. The SMILES string of the molecule is CCc1cccc(CNC[C@@H](O)[C@H](Cc2cc(F)cc(F)c2)NC(=O)c2ccc(S(=O)(=O)NCCCC(C)C)cc2)c1. The molecule has 0 unspecified atom stereocenters. The van der Waals surface area contributed by atoms with Crippen molar-refractivity contribution in [3.05, 3.63) is 101 Å². The highest BCUT2D eigenvalue weighted by molar-refractivity contribution is 7.89. The van der Waals surface area contributed by atoms with Gasteiger partial charge in [-0.2, -0.15) is 0 Å². The van der Waals surface area contributed by atoms with Gasteiger partial charge in [0.25, 0.3) is 5.91 Å². The summed E-state index contributed by atoms with van der Waals surface area (Å²) in [6, 6.07) is 15.7. The predicted octanol–water partition coefficient (Wildman–Crippen LogP) is 4.73. The van der Waals surface area contributed by atoms with Gasteiger partial charge in [0.15, 0.2) is 0 Å². The third kappa shape index (κ3) is 10.6. The topological polar surface area (TPSA) is 108 Å². The van der Waals surface area contributed by atoms with Gasteiger partial charge in [0.05, 0.1) is 17.0 Å². The zero-order chi connectivity index (χ0) is 30.7. The molecule has 2 atom stereocenters. The van der Waals surface area contributed by atoms with Gasteiger partial charge in [0.2, 0.25) is 10.0 Å². The van der Waals surface area contributed by atoms with E-state index in [4.69, 9.17) is 0 Å². The highest BCUT2D eigenvalue weighted by Crippen LogP contribution is 2.15. The molecule has 0 aliphatic carbocycles. The Morgan fingerprint density at radius 3 is 2.24 bits per heavy atom. The maximum Gasteiger partial charge on any atom is 0.251 e. The monoisotopic (exact) mass is 601 g/mol. The molecule has 1 amide bonds. The molecule has 4 N–H and O–H groups in total. The van der Waals surface area contributed by atoms with Crippen LogP contribution in [0.2, 0.25) is 0 Å². The van der Waals surface area contributed by atoms with Crippen LogP contribution >= 0.6 is 0 Å². The van der Waals surface area contributed by atoms with Crippen LogP contribution in [0.5, 0.6) is 0 Å². The summed E-state index contributed by atoms with van der Waals surface area (Å²) in [4.78, 5) is 13.2. The lowest BCUT2D eigenvalue weighted by molar-refractivity contribution is 0.0829. The van der Waals surface area contributed by atoms with Crippen molar-refractivity contribution in [2.45, 2.75) is 70.0 Å². The maximum absolute atomic E-state index is 13.9. The van der Waals surface area contributed by atoms with Crippen LogP contribution in [0.3, 0.4) is 0 Å². The summed E-state index contributed by atoms with van der Waals surface area (Å²) in [5.74, 6) is -1.59. The van der Waals surface area contributed by atoms with Gasteiger partial charge in [0, 0.05) is 31.3 Å². The summed E-state index contributed by atoms with van der Waals surface area (Å²) in [6.07, 6.45) is 1.40. The molecule has 3 aromatic carbocycles. The van der Waals surface area contributed by atoms with Crippen LogP contribution in [-0.2, 0) is 29.4 Å². The minimum Gasteiger partial charge on any atom is -0.390 e. The van der Waals surface area contributed by atoms with Crippen molar-refractivity contribution in [1.29, 1.82) is 0 Å². The van der Waals surface area contributed by atoms with E-state index < -0.39 is 39.7 Å². The molecule has 0 spiro atoms. The van der Waals surface area contributed by atoms with Gasteiger partial charge in [-0.15, -0.1) is 0 Å². The Morgan fingerprint density at radius 1 is 0.929 bits per heavy atom. The molecule has 0 saturated carbocycles. The van der Waals surface area contributed by atoms with Crippen molar-refractivity contribution < 1.29 is 27.1 Å². The number of hydrogen-bond donors (Lipinski definition) is 4. The molecule has 7 nitrogen and oxygen atoms in total. The quantitative estimate of drug-likeness (QED) is 0.178. The number of benzene rings is 3. The molecular weight excluding hydrogens is 560 g/mol. The molecule has 0 aliphatic rings. The van der Waals surface area contributed by atoms with Crippen molar-refractivity contribution in [3.63, 3.8) is 0 Å². The van der Waals surface area contributed by atoms with Crippen molar-refractivity contribution in [3.8, 4) is 0 Å². The Labute approximate surface area is 247 Å². The van der Waals surface area contributed by atoms with E-state index in [2.05, 4.69) is 42.2 Å². The number of nitrogens with one attached hydrogen (secondary N) is 3. The standard InChI is InChI=1S/C32H41F2N3O4S/c1-4-23-8-5-9-24(15-23)20-35-21-31(38)30(18-25-16-27(33)19-28(34)17-25)37-32(39)26-10-12-29(13-11-26)42(40,41)36-14-6-7-22(2)3/h5,8-13,15-17,19,22,30-31,35-36,38H,4,6-7,14,18,20-21H2,1-3H3,(H,37,39)/t30-,31+/m0/s1. The number of halogens is 2. The first kappa shape index (κ1) is 33.3. The van der Waals surface area contributed by atoms with Crippen LogP contribution in [0.1, 0.15) is 60.7 Å². The first-order valence-electron chi connectivity index (χ1n) is 14.3. The number of rotatable bonds is 16. The van der Waals surface area contributed by atoms with Crippen molar-refractivity contribution in [2.24, 2.45) is 5.92 Å². The number of carbonyl (C=O) groups excluding carboxylic acids is 1. The van der Waals surface area contributed by atoms with Crippen molar-refractivity contribution in [1.82, 2.24) is 15.4 Å². The molecule has 3 aromatic rings. The summed E-state index contributed by atoms with van der Waals surface area (Å²) in [5.41, 5.74) is 2.69. The van der Waals surface area contributed by atoms with Crippen LogP contribution in [0, 0.1) is 17.6 Å². The smallest absolute Gasteiger partial charge is 0.251 e. The van der Waals surface area contributed by atoms with Crippen LogP contribution in [0.25, 0.3) is 0 Å². The van der Waals surface area contributed by atoms with Gasteiger partial charge >= 0.3 is 0 Å². The first-order chi connectivity index (χ1) is 20.0. The van der Waals surface area contributed by atoms with Crippen LogP contribution in [0.15, 0.2) is 71.6 Å². The Hall–Kier alpha value is -3.18. The van der Waals surface area contributed by atoms with E-state index in [-0.39, 0.29) is 29.0 Å². The lowest BCUT2D eigenvalue weighted by Gasteiger charge is -2.25. The van der Waals surface area contributed by atoms with Gasteiger partial charge < -0.3 is 15.7 Å². The second-order valence-corrected chi connectivity index (χ2v) is 12.7. The lowest BCUT2D eigenvalue weighted by Crippen LogP contribution is -2.48. The fourth-order valence-electron chi connectivity index (χ4n) is 4.57. The number of sulfonamides is 1. The van der Waals surface area contributed by atoms with E-state index in [0.717, 1.165) is 43.0 Å². The fraction of sp³-hybridized carbons (Fsp3) is 0.406. The van der Waals surface area contributed by atoms with Gasteiger partial charge in [-0.05, 0) is 84.7 Å². The van der Waals surface area contributed by atoms with Crippen LogP contribution < -0.4 is 15.4 Å². The third-order valence-electron chi connectivity index (χ3n) is 6.92. The Bertz CT molecular complexity index is 1400. The third-order valence-corrected chi connectivity index (χ3v) is 8.40. The largest absolute Gasteiger partial charge is 0.390 e. The Balaban J connectivity index is 1.69. The fourth-order valence-corrected chi connectivity index (χ4v) is 5.64. The molecule has 0 fully saturated rings. The molecule has 3 rings (SSSR count). The molecule has 10 heteroatoms. The van der Waals surface area contributed by atoms with Crippen molar-refractivity contribution >= 4 is 15.9 Å². The van der Waals surface area contributed by atoms with E-state index >= 15 is 0 Å². The van der Waals surface area contributed by atoms with Gasteiger partial charge in [-0.3, -0.25) is 4.79 Å². The predicted molar refractivity (Wildman–Crippen MR) is 161 cm³/mol. The van der Waals surface area contributed by atoms with E-state index in [1.807, 2.05) is 18.2 Å². The minimum atomic E-state index is -3.72. The first-order valence-corrected chi connectivity index (χ1v) is 15.8. The van der Waals surface area contributed by atoms with Gasteiger partial charge in [0.1, 0.15) is 11.6 Å². The number of amides is 1. The molecule has 0 saturated heterocycles. The average Bonchev–Trinajstić information content (AvgIpc) is 2.94. The molecule has 228 valence electrons. The second kappa shape index (κ2) is 15.9. The van der Waals surface area contributed by atoms with E-state index in [1.165, 1.54) is 29.8 Å². The van der Waals surface area contributed by atoms with E-state index in [0.29, 0.717) is 19.0 Å². The Morgan fingerprint density at radius 2 is 1.60 bits per heavy atom. The highest BCUT2D eigenvalue weighted by Gasteiger charge is 2.23. The molecule has 0 bridgehead atoms. The summed E-state index contributed by atoms with van der Waals surface area (Å²) in [7, 11) is -3.72. The molecule has 0 radical (unpaired) electrons. The number of aliphatic hydroxyl groups is 1. The Kier molecular flexibility index (Phi) is 12.6. The number of aliphatic hydroxyl groups excluding tert-OH is 1. The highest BCUT2D eigenvalue weighted by atomic mass is 32.2. The molecular formula is C32H41F2N3O4S. The van der Waals surface area contributed by atoms with Gasteiger partial charge in [-0.25, -0.2) is 21.9 Å². The molecule has 0 heterocycles. The van der Waals surface area contributed by atoms with Crippen molar-refractivity contribution in [2.75, 3.05) is 13.1 Å². The van der Waals surface area contributed by atoms with Gasteiger partial charge in [-0.1, -0.05) is 45.0 Å². The maximum atomic E-state index is 13.9. The number of carbonyl (C=O) groups is 1. The lowest BCUT2D eigenvalue weighted by atomic mass is 10.00. The summed E-state index contributed by atoms with van der Waals surface area (Å²) in [6.45, 7) is 7.13. The minimum absolute atomic E-state index is 0.0264. The van der Waals surface area contributed by atoms with E-state index in [1.54, 1.807) is 0 Å². The molecule has 0 aliphatic heterocycles. The summed E-state index contributed by atoms with van der Waals surface area (Å²) in [5, 5.41) is 17.0. The summed E-state index contributed by atoms with van der Waals surface area (Å²) < 4.78 is 55.5. The molecule has 0 aromatic heterocycles. The summed E-state index contributed by atoms with van der Waals surface area (Å²) >= 11 is 0. The van der Waals surface area contributed by atoms with Crippen LogP contribution in [-0.4, -0.2) is 44.7 Å². The average molecular weight is 602 g/mol. The van der Waals surface area contributed by atoms with E-state index in [9.17, 15) is 27.1 Å². The zero-order valence-corrected chi connectivity index (χ0v) is 25.2.